The van der Waals surface area contributed by atoms with Crippen LogP contribution in [0.25, 0.3) is 0 Å². The van der Waals surface area contributed by atoms with Crippen molar-refractivity contribution in [2.45, 2.75) is 19.4 Å². The molecule has 20 heavy (non-hydrogen) atoms. The van der Waals surface area contributed by atoms with Crippen LogP contribution in [0.3, 0.4) is 0 Å². The molecule has 0 bridgehead atoms. The fraction of sp³-hybridized carbons (Fsp3) is 0.375. The van der Waals surface area contributed by atoms with Crippen LogP contribution in [0.2, 0.25) is 0 Å². The summed E-state index contributed by atoms with van der Waals surface area (Å²) in [5.74, 6) is 0. The zero-order valence-corrected chi connectivity index (χ0v) is 13.8. The van der Waals surface area contributed by atoms with E-state index in [2.05, 4.69) is 61.9 Å². The lowest BCUT2D eigenvalue weighted by Gasteiger charge is -2.31. The Kier molecular flexibility index (Phi) is 4.76. The van der Waals surface area contributed by atoms with E-state index in [0.29, 0.717) is 0 Å². The van der Waals surface area contributed by atoms with Gasteiger partial charge in [-0.05, 0) is 46.5 Å². The summed E-state index contributed by atoms with van der Waals surface area (Å²) in [6.45, 7) is 4.27. The number of hydrogen-bond acceptors (Lipinski definition) is 3. The largest absolute Gasteiger partial charge is 0.370 e. The number of benzene rings is 1. The van der Waals surface area contributed by atoms with Gasteiger partial charge < -0.3 is 10.2 Å². The monoisotopic (exact) mass is 350 g/mol. The van der Waals surface area contributed by atoms with E-state index in [0.717, 1.165) is 19.6 Å². The lowest BCUT2D eigenvalue weighted by atomic mass is 10.0. The first-order chi connectivity index (χ1) is 9.83. The van der Waals surface area contributed by atoms with Gasteiger partial charge in [-0.2, -0.15) is 0 Å². The maximum Gasteiger partial charge on any atom is 0.0399 e. The summed E-state index contributed by atoms with van der Waals surface area (Å²) in [5.41, 5.74) is 2.93. The predicted molar refractivity (Wildman–Crippen MR) is 90.7 cm³/mol. The maximum atomic E-state index is 3.54. The molecule has 2 heterocycles. The maximum absolute atomic E-state index is 3.54. The second-order valence-electron chi connectivity index (χ2n) is 5.13. The summed E-state index contributed by atoms with van der Waals surface area (Å²) >= 11 is 5.30. The van der Waals surface area contributed by atoms with E-state index >= 15 is 0 Å². The highest BCUT2D eigenvalue weighted by Crippen LogP contribution is 2.26. The van der Waals surface area contributed by atoms with Crippen molar-refractivity contribution >= 4 is 33.0 Å². The van der Waals surface area contributed by atoms with Crippen LogP contribution in [0.4, 0.5) is 5.69 Å². The smallest absolute Gasteiger partial charge is 0.0399 e. The molecule has 4 heteroatoms. The van der Waals surface area contributed by atoms with Crippen molar-refractivity contribution in [3.63, 3.8) is 0 Å². The molecule has 1 aromatic carbocycles. The van der Waals surface area contributed by atoms with Crippen molar-refractivity contribution in [3.8, 4) is 0 Å². The van der Waals surface area contributed by atoms with Crippen molar-refractivity contribution in [3.05, 3.63) is 50.6 Å². The summed E-state index contributed by atoms with van der Waals surface area (Å²) in [6.07, 6.45) is 2.50. The second kappa shape index (κ2) is 6.74. The van der Waals surface area contributed by atoms with Crippen LogP contribution >= 0.6 is 27.3 Å². The third kappa shape index (κ3) is 3.43. The minimum atomic E-state index is 0.964. The fourth-order valence-electron chi connectivity index (χ4n) is 2.72. The summed E-state index contributed by atoms with van der Waals surface area (Å²) in [6, 6.07) is 11.0. The number of halogens is 1. The molecule has 0 radical (unpaired) electrons. The van der Waals surface area contributed by atoms with Gasteiger partial charge in [0, 0.05) is 46.6 Å². The van der Waals surface area contributed by atoms with Gasteiger partial charge in [0.2, 0.25) is 0 Å². The minimum Gasteiger partial charge on any atom is -0.370 e. The van der Waals surface area contributed by atoms with Gasteiger partial charge in [0.05, 0.1) is 0 Å². The van der Waals surface area contributed by atoms with Crippen molar-refractivity contribution in [1.29, 1.82) is 0 Å². The SMILES string of the molecule is Brc1csc(CNCCN2CCCc3ccccc32)c1. The third-order valence-electron chi connectivity index (χ3n) is 3.69. The van der Waals surface area contributed by atoms with Crippen LogP contribution in [0.15, 0.2) is 40.2 Å². The number of hydrogen-bond donors (Lipinski definition) is 1. The number of nitrogens with one attached hydrogen (secondary N) is 1. The zero-order valence-electron chi connectivity index (χ0n) is 11.4. The number of nitrogens with zero attached hydrogens (tertiary/aromatic N) is 1. The van der Waals surface area contributed by atoms with E-state index in [1.54, 1.807) is 11.3 Å². The molecule has 2 aromatic rings. The van der Waals surface area contributed by atoms with Gasteiger partial charge in [-0.1, -0.05) is 18.2 Å². The Hall–Kier alpha value is -0.840. The number of thiophene rings is 1. The first-order valence-electron chi connectivity index (χ1n) is 7.09. The Labute approximate surface area is 132 Å². The highest BCUT2D eigenvalue weighted by molar-refractivity contribution is 9.10. The molecular formula is C16H19BrN2S. The second-order valence-corrected chi connectivity index (χ2v) is 7.04. The van der Waals surface area contributed by atoms with Gasteiger partial charge in [0.25, 0.3) is 0 Å². The van der Waals surface area contributed by atoms with Gasteiger partial charge in [0.1, 0.15) is 0 Å². The van der Waals surface area contributed by atoms with Gasteiger partial charge in [-0.15, -0.1) is 11.3 Å². The number of anilines is 1. The average molecular weight is 351 g/mol. The molecule has 0 atom stereocenters. The molecule has 2 nitrogen and oxygen atoms in total. The lowest BCUT2D eigenvalue weighted by molar-refractivity contribution is 0.633. The Balaban J connectivity index is 1.50. The highest BCUT2D eigenvalue weighted by atomic mass is 79.9. The fourth-order valence-corrected chi connectivity index (χ4v) is 4.14. The average Bonchev–Trinajstić information content (AvgIpc) is 2.89. The van der Waals surface area contributed by atoms with Crippen molar-refractivity contribution < 1.29 is 0 Å². The molecule has 0 unspecified atom stereocenters. The Morgan fingerprint density at radius 2 is 2.20 bits per heavy atom. The molecule has 1 aliphatic heterocycles. The minimum absolute atomic E-state index is 0.964. The van der Waals surface area contributed by atoms with Gasteiger partial charge in [-0.3, -0.25) is 0 Å². The van der Waals surface area contributed by atoms with E-state index in [9.17, 15) is 0 Å². The molecule has 0 saturated heterocycles. The van der Waals surface area contributed by atoms with Crippen LogP contribution in [-0.4, -0.2) is 19.6 Å². The van der Waals surface area contributed by atoms with Crippen LogP contribution in [0, 0.1) is 0 Å². The van der Waals surface area contributed by atoms with Gasteiger partial charge >= 0.3 is 0 Å². The molecular weight excluding hydrogens is 332 g/mol. The quantitative estimate of drug-likeness (QED) is 0.818. The Morgan fingerprint density at radius 1 is 1.30 bits per heavy atom. The molecule has 0 aliphatic carbocycles. The summed E-state index contributed by atoms with van der Waals surface area (Å²) in [7, 11) is 0. The van der Waals surface area contributed by atoms with Crippen LogP contribution in [0.1, 0.15) is 16.9 Å². The molecule has 0 saturated carbocycles. The lowest BCUT2D eigenvalue weighted by Crippen LogP contribution is -2.35. The van der Waals surface area contributed by atoms with Gasteiger partial charge in [0.15, 0.2) is 0 Å². The molecule has 1 aromatic heterocycles. The van der Waals surface area contributed by atoms with Crippen LogP contribution < -0.4 is 10.2 Å². The first kappa shape index (κ1) is 14.1. The molecule has 1 N–H and O–H groups in total. The molecule has 0 amide bonds. The first-order valence-corrected chi connectivity index (χ1v) is 8.77. The van der Waals surface area contributed by atoms with Crippen molar-refractivity contribution in [2.75, 3.05) is 24.5 Å². The van der Waals surface area contributed by atoms with E-state index < -0.39 is 0 Å². The molecule has 0 fully saturated rings. The van der Waals surface area contributed by atoms with Crippen LogP contribution in [0.5, 0.6) is 0 Å². The zero-order chi connectivity index (χ0) is 13.8. The van der Waals surface area contributed by atoms with Gasteiger partial charge in [-0.25, -0.2) is 0 Å². The summed E-state index contributed by atoms with van der Waals surface area (Å²) in [5, 5.41) is 5.68. The molecule has 3 rings (SSSR count). The predicted octanol–water partition coefficient (Wildman–Crippen LogP) is 4.05. The van der Waals surface area contributed by atoms with Crippen molar-refractivity contribution in [2.24, 2.45) is 0 Å². The standard InChI is InChI=1S/C16H19BrN2S/c17-14-10-15(20-12-14)11-18-7-9-19-8-3-5-13-4-1-2-6-16(13)19/h1-2,4,6,10,12,18H,3,5,7-9,11H2. The molecule has 1 aliphatic rings. The third-order valence-corrected chi connectivity index (χ3v) is 5.38. The number of para-hydroxylation sites is 1. The van der Waals surface area contributed by atoms with E-state index in [1.165, 1.54) is 40.0 Å². The normalized spacial score (nSPS) is 14.3. The van der Waals surface area contributed by atoms with E-state index in [1.807, 2.05) is 0 Å². The number of rotatable bonds is 5. The summed E-state index contributed by atoms with van der Waals surface area (Å²) < 4.78 is 1.18. The Morgan fingerprint density at radius 3 is 3.05 bits per heavy atom. The molecule has 0 spiro atoms. The van der Waals surface area contributed by atoms with Crippen LogP contribution in [-0.2, 0) is 13.0 Å². The van der Waals surface area contributed by atoms with E-state index in [4.69, 9.17) is 0 Å². The Bertz CT molecular complexity index is 567. The number of fused-ring (bicyclic) bond motifs is 1. The topological polar surface area (TPSA) is 15.3 Å². The highest BCUT2D eigenvalue weighted by Gasteiger charge is 2.15. The summed E-state index contributed by atoms with van der Waals surface area (Å²) in [4.78, 5) is 3.90. The molecule has 106 valence electrons. The van der Waals surface area contributed by atoms with E-state index in [-0.39, 0.29) is 0 Å². The van der Waals surface area contributed by atoms with Crippen molar-refractivity contribution in [1.82, 2.24) is 5.32 Å². The number of aryl methyl sites for hydroxylation is 1.